The summed E-state index contributed by atoms with van der Waals surface area (Å²) in [5.74, 6) is -2.46. The van der Waals surface area contributed by atoms with Crippen LogP contribution in [0, 0.1) is 20.2 Å². The molecule has 2 amide bonds. The van der Waals surface area contributed by atoms with Crippen molar-refractivity contribution in [2.75, 3.05) is 0 Å². The largest absolute Gasteiger partial charge is 0.300 e. The molecule has 31 heavy (non-hydrogen) atoms. The third-order valence-corrected chi connectivity index (χ3v) is 7.08. The van der Waals surface area contributed by atoms with Gasteiger partial charge in [0.1, 0.15) is 10.5 Å². The summed E-state index contributed by atoms with van der Waals surface area (Å²) >= 11 is 0.742. The lowest BCUT2D eigenvalue weighted by atomic mass is 9.65. The molecule has 2 unspecified atom stereocenters. The number of non-ortho nitro benzene ring substituents is 2. The number of nitro groups is 2. The minimum atomic E-state index is -1.46. The average molecular weight is 441 g/mol. The maximum absolute atomic E-state index is 13.1. The molecule has 1 saturated carbocycles. The second-order valence-corrected chi connectivity index (χ2v) is 8.64. The van der Waals surface area contributed by atoms with Crippen molar-refractivity contribution in [3.8, 4) is 0 Å². The monoisotopic (exact) mass is 441 g/mol. The van der Waals surface area contributed by atoms with E-state index in [2.05, 4.69) is 5.32 Å². The van der Waals surface area contributed by atoms with Crippen LogP contribution in [-0.4, -0.2) is 31.5 Å². The summed E-state index contributed by atoms with van der Waals surface area (Å²) in [5, 5.41) is 24.2. The fourth-order valence-electron chi connectivity index (χ4n) is 4.40. The molecule has 0 radical (unpaired) electrons. The molecule has 2 aromatic rings. The number of nitro benzene ring substituents is 2. The Morgan fingerprint density at radius 3 is 1.74 bits per heavy atom. The molecular formula is C20H15N3O7S. The van der Waals surface area contributed by atoms with Gasteiger partial charge >= 0.3 is 0 Å². The zero-order valence-electron chi connectivity index (χ0n) is 15.8. The van der Waals surface area contributed by atoms with Crippen molar-refractivity contribution < 1.29 is 24.2 Å². The van der Waals surface area contributed by atoms with Gasteiger partial charge in [-0.05, 0) is 22.9 Å². The van der Waals surface area contributed by atoms with Gasteiger partial charge in [-0.1, -0.05) is 24.3 Å². The number of Topliss-reactive ketones (excluding diaryl/α,β-unsaturated/α-hetero) is 1. The van der Waals surface area contributed by atoms with Gasteiger partial charge in [-0.25, -0.2) is 0 Å². The van der Waals surface area contributed by atoms with Gasteiger partial charge in [0.2, 0.25) is 5.91 Å². The fraction of sp³-hybridized carbons (Fsp3) is 0.250. The number of nitrogens with one attached hydrogen (secondary N) is 1. The average Bonchev–Trinajstić information content (AvgIpc) is 3.03. The van der Waals surface area contributed by atoms with Gasteiger partial charge in [-0.2, -0.15) is 0 Å². The van der Waals surface area contributed by atoms with E-state index in [1.54, 1.807) is 12.1 Å². The first-order valence-electron chi connectivity index (χ1n) is 9.27. The highest BCUT2D eigenvalue weighted by Crippen LogP contribution is 2.58. The second-order valence-electron chi connectivity index (χ2n) is 7.39. The Hall–Kier alpha value is -3.60. The molecule has 2 aliphatic rings. The third kappa shape index (κ3) is 3.46. The van der Waals surface area contributed by atoms with E-state index in [4.69, 9.17) is 0 Å². The van der Waals surface area contributed by atoms with Crippen LogP contribution in [0.3, 0.4) is 0 Å². The Bertz CT molecular complexity index is 1080. The van der Waals surface area contributed by atoms with Crippen molar-refractivity contribution >= 4 is 40.1 Å². The quantitative estimate of drug-likeness (QED) is 0.560. The highest BCUT2D eigenvalue weighted by atomic mass is 32.2. The molecule has 10 nitrogen and oxygen atoms in total. The smallest absolute Gasteiger partial charge is 0.286 e. The minimum absolute atomic E-state index is 0.0830. The summed E-state index contributed by atoms with van der Waals surface area (Å²) < 4.78 is -1.46. The van der Waals surface area contributed by atoms with Crippen LogP contribution in [0.2, 0.25) is 0 Å². The molecule has 2 aromatic carbocycles. The molecule has 1 N–H and O–H groups in total. The van der Waals surface area contributed by atoms with Crippen molar-refractivity contribution in [2.45, 2.75) is 29.4 Å². The number of amides is 2. The molecule has 1 saturated heterocycles. The number of hydrogen-bond donors (Lipinski definition) is 1. The van der Waals surface area contributed by atoms with Gasteiger partial charge in [0.25, 0.3) is 16.6 Å². The van der Waals surface area contributed by atoms with Crippen LogP contribution >= 0.6 is 11.8 Å². The molecular weight excluding hydrogens is 426 g/mol. The maximum atomic E-state index is 13.1. The van der Waals surface area contributed by atoms with Gasteiger partial charge in [0, 0.05) is 48.9 Å². The molecule has 1 spiro atoms. The minimum Gasteiger partial charge on any atom is -0.300 e. The van der Waals surface area contributed by atoms with Gasteiger partial charge in [0.15, 0.2) is 0 Å². The number of nitrogens with zero attached hydrogens (tertiary/aromatic N) is 2. The van der Waals surface area contributed by atoms with Crippen LogP contribution in [0.5, 0.6) is 0 Å². The molecule has 158 valence electrons. The van der Waals surface area contributed by atoms with Crippen molar-refractivity contribution in [2.24, 2.45) is 0 Å². The highest BCUT2D eigenvalue weighted by molar-refractivity contribution is 8.16. The Kier molecular flexibility index (Phi) is 5.05. The van der Waals surface area contributed by atoms with Crippen molar-refractivity contribution in [1.82, 2.24) is 5.32 Å². The zero-order chi connectivity index (χ0) is 22.3. The molecule has 1 aliphatic heterocycles. The summed E-state index contributed by atoms with van der Waals surface area (Å²) in [4.78, 5) is 59.4. The lowest BCUT2D eigenvalue weighted by Crippen LogP contribution is -2.51. The molecule has 2 atom stereocenters. The molecule has 11 heteroatoms. The van der Waals surface area contributed by atoms with Crippen LogP contribution < -0.4 is 5.32 Å². The van der Waals surface area contributed by atoms with Gasteiger partial charge in [-0.15, -0.1) is 0 Å². The first kappa shape index (κ1) is 20.7. The molecule has 2 fully saturated rings. The van der Waals surface area contributed by atoms with Crippen LogP contribution in [0.1, 0.15) is 35.8 Å². The summed E-state index contributed by atoms with van der Waals surface area (Å²) in [6.07, 6.45) is -0.166. The Morgan fingerprint density at radius 1 is 0.871 bits per heavy atom. The summed E-state index contributed by atoms with van der Waals surface area (Å²) in [6.45, 7) is 0. The maximum Gasteiger partial charge on any atom is 0.286 e. The fourth-order valence-corrected chi connectivity index (χ4v) is 5.72. The predicted octanol–water partition coefficient (Wildman–Crippen LogP) is 3.46. The standard InChI is InChI=1S/C20H15N3O7S/c24-15-9-16(11-3-1-5-13(7-11)22(27)28)20(18(25)21-19(26)31-20)17(10-15)12-4-2-6-14(8-12)23(29)30/h1-8,16-17H,9-10H2,(H,21,25,26). The number of ketones is 1. The number of benzene rings is 2. The lowest BCUT2D eigenvalue weighted by Gasteiger charge is -2.43. The number of hydrogen-bond acceptors (Lipinski definition) is 8. The van der Waals surface area contributed by atoms with E-state index in [9.17, 15) is 34.6 Å². The normalized spacial score (nSPS) is 25.5. The number of thioether (sulfide) groups is 1. The van der Waals surface area contributed by atoms with Gasteiger partial charge in [0.05, 0.1) is 9.85 Å². The van der Waals surface area contributed by atoms with E-state index in [-0.39, 0.29) is 30.0 Å². The first-order valence-corrected chi connectivity index (χ1v) is 10.1. The SMILES string of the molecule is O=C1CC(c2cccc([N+](=O)[O-])c2)C2(SC(=O)NC2=O)C(c2cccc([N+](=O)[O-])c2)C1. The number of carbonyl (C=O) groups is 3. The van der Waals surface area contributed by atoms with E-state index in [0.717, 1.165) is 11.8 Å². The summed E-state index contributed by atoms with van der Waals surface area (Å²) in [7, 11) is 0. The number of rotatable bonds is 4. The molecule has 0 bridgehead atoms. The number of imide groups is 1. The van der Waals surface area contributed by atoms with E-state index in [1.807, 2.05) is 0 Å². The van der Waals surface area contributed by atoms with E-state index in [0.29, 0.717) is 11.1 Å². The van der Waals surface area contributed by atoms with Gasteiger partial charge in [-0.3, -0.25) is 39.9 Å². The topological polar surface area (TPSA) is 150 Å². The Balaban J connectivity index is 1.90. The highest BCUT2D eigenvalue weighted by Gasteiger charge is 2.61. The van der Waals surface area contributed by atoms with Crippen LogP contribution in [0.25, 0.3) is 0 Å². The van der Waals surface area contributed by atoms with Gasteiger partial charge < -0.3 is 0 Å². The van der Waals surface area contributed by atoms with E-state index in [1.165, 1.54) is 36.4 Å². The van der Waals surface area contributed by atoms with Crippen LogP contribution in [-0.2, 0) is 9.59 Å². The Morgan fingerprint density at radius 2 is 1.35 bits per heavy atom. The zero-order valence-corrected chi connectivity index (χ0v) is 16.7. The predicted molar refractivity (Wildman–Crippen MR) is 110 cm³/mol. The first-order chi connectivity index (χ1) is 14.7. The summed E-state index contributed by atoms with van der Waals surface area (Å²) in [6, 6.07) is 11.3. The molecule has 4 rings (SSSR count). The lowest BCUT2D eigenvalue weighted by molar-refractivity contribution is -0.385. The van der Waals surface area contributed by atoms with Crippen LogP contribution in [0.15, 0.2) is 48.5 Å². The van der Waals surface area contributed by atoms with E-state index < -0.39 is 37.6 Å². The molecule has 1 heterocycles. The second kappa shape index (κ2) is 7.58. The molecule has 0 aromatic heterocycles. The summed E-state index contributed by atoms with van der Waals surface area (Å²) in [5.41, 5.74) is 0.365. The number of carbonyl (C=O) groups excluding carboxylic acids is 3. The van der Waals surface area contributed by atoms with E-state index >= 15 is 0 Å². The van der Waals surface area contributed by atoms with Crippen molar-refractivity contribution in [3.63, 3.8) is 0 Å². The molecule has 1 aliphatic carbocycles. The van der Waals surface area contributed by atoms with Crippen LogP contribution in [0.4, 0.5) is 16.2 Å². The van der Waals surface area contributed by atoms with Crippen molar-refractivity contribution in [1.29, 1.82) is 0 Å². The van der Waals surface area contributed by atoms with Crippen molar-refractivity contribution in [3.05, 3.63) is 79.9 Å². The Labute approximate surface area is 179 Å². The third-order valence-electron chi connectivity index (χ3n) is 5.70.